The van der Waals surface area contributed by atoms with Gasteiger partial charge in [0, 0.05) is 11.8 Å². The minimum Gasteiger partial charge on any atom is -0.444 e. The second-order valence-electron chi connectivity index (χ2n) is 7.59. The maximum Gasteiger partial charge on any atom is 0.416 e. The third-order valence-corrected chi connectivity index (χ3v) is 3.73. The lowest BCUT2D eigenvalue weighted by atomic mass is 10.1. The van der Waals surface area contributed by atoms with Crippen molar-refractivity contribution in [2.45, 2.75) is 52.4 Å². The quantitative estimate of drug-likeness (QED) is 0.618. The highest BCUT2D eigenvalue weighted by molar-refractivity contribution is 5.99. The lowest BCUT2D eigenvalue weighted by molar-refractivity contribution is -0.138. The van der Waals surface area contributed by atoms with Crippen LogP contribution in [-0.2, 0) is 10.9 Å². The highest BCUT2D eigenvalue weighted by Gasteiger charge is 2.32. The van der Waals surface area contributed by atoms with Gasteiger partial charge in [-0.1, -0.05) is 11.2 Å². The molecule has 0 saturated carbocycles. The van der Waals surface area contributed by atoms with Crippen molar-refractivity contribution in [2.24, 2.45) is 0 Å². The summed E-state index contributed by atoms with van der Waals surface area (Å²) in [6.07, 6.45) is -5.19. The summed E-state index contributed by atoms with van der Waals surface area (Å²) < 4.78 is 49.2. The van der Waals surface area contributed by atoms with Gasteiger partial charge < -0.3 is 19.9 Å². The molecule has 0 aliphatic rings. The van der Waals surface area contributed by atoms with Crippen molar-refractivity contribution in [2.75, 3.05) is 10.6 Å². The molecule has 1 unspecified atom stereocenters. The normalized spacial score (nSPS) is 12.8. The lowest BCUT2D eigenvalue weighted by Gasteiger charge is -2.21. The number of aromatic nitrogens is 1. The number of amides is 3. The van der Waals surface area contributed by atoms with Gasteiger partial charge in [0.2, 0.25) is 0 Å². The number of hydrogen-bond donors (Lipinski definition) is 3. The van der Waals surface area contributed by atoms with Gasteiger partial charge in [0.15, 0.2) is 11.6 Å². The fourth-order valence-corrected chi connectivity index (χ4v) is 2.39. The molecule has 2 aromatic rings. The zero-order chi connectivity index (χ0) is 22.7. The number of aryl methyl sites for hydroxylation is 1. The number of rotatable bonds is 4. The van der Waals surface area contributed by atoms with E-state index in [-0.39, 0.29) is 22.8 Å². The van der Waals surface area contributed by atoms with Crippen molar-refractivity contribution in [3.8, 4) is 0 Å². The van der Waals surface area contributed by atoms with Crippen LogP contribution < -0.4 is 16.0 Å². The smallest absolute Gasteiger partial charge is 0.416 e. The number of carbonyl (C=O) groups excluding carboxylic acids is 2. The summed E-state index contributed by atoms with van der Waals surface area (Å²) in [6, 6.07) is 3.42. The summed E-state index contributed by atoms with van der Waals surface area (Å²) in [5.41, 5.74) is -1.50. The predicted molar refractivity (Wildman–Crippen MR) is 103 cm³/mol. The van der Waals surface area contributed by atoms with E-state index in [9.17, 15) is 22.8 Å². The van der Waals surface area contributed by atoms with Crippen LogP contribution in [0.15, 0.2) is 28.8 Å². The van der Waals surface area contributed by atoms with Crippen molar-refractivity contribution in [1.82, 2.24) is 10.5 Å². The van der Waals surface area contributed by atoms with Crippen molar-refractivity contribution in [3.05, 3.63) is 41.2 Å². The van der Waals surface area contributed by atoms with Gasteiger partial charge >= 0.3 is 18.3 Å². The molecule has 11 heteroatoms. The second-order valence-corrected chi connectivity index (χ2v) is 7.59. The number of nitrogens with zero attached hydrogens (tertiary/aromatic N) is 1. The van der Waals surface area contributed by atoms with Crippen molar-refractivity contribution in [1.29, 1.82) is 0 Å². The third kappa shape index (κ3) is 6.68. The van der Waals surface area contributed by atoms with Crippen LogP contribution in [-0.4, -0.2) is 22.9 Å². The molecule has 3 amide bonds. The van der Waals surface area contributed by atoms with E-state index >= 15 is 0 Å². The minimum atomic E-state index is -4.53. The lowest BCUT2D eigenvalue weighted by Crippen LogP contribution is -2.33. The van der Waals surface area contributed by atoms with E-state index in [2.05, 4.69) is 21.1 Å². The van der Waals surface area contributed by atoms with Gasteiger partial charge in [-0.15, -0.1) is 0 Å². The summed E-state index contributed by atoms with van der Waals surface area (Å²) in [5.74, 6) is 0.259. The molecule has 3 N–H and O–H groups in total. The Kier molecular flexibility index (Phi) is 6.63. The van der Waals surface area contributed by atoms with E-state index in [0.717, 1.165) is 6.07 Å². The first kappa shape index (κ1) is 23.0. The first-order chi connectivity index (χ1) is 13.7. The summed E-state index contributed by atoms with van der Waals surface area (Å²) in [4.78, 5) is 23.9. The first-order valence-electron chi connectivity index (χ1n) is 8.96. The van der Waals surface area contributed by atoms with E-state index in [4.69, 9.17) is 9.26 Å². The number of hydrogen-bond acceptors (Lipinski definition) is 5. The number of urea groups is 1. The number of nitrogens with one attached hydrogen (secondary N) is 3. The topological polar surface area (TPSA) is 105 Å². The van der Waals surface area contributed by atoms with E-state index in [1.165, 1.54) is 25.1 Å². The number of benzene rings is 1. The fraction of sp³-hybridized carbons (Fsp3) is 0.421. The van der Waals surface area contributed by atoms with Crippen molar-refractivity contribution >= 4 is 23.6 Å². The molecule has 1 aromatic heterocycles. The molecule has 0 bridgehead atoms. The summed E-state index contributed by atoms with van der Waals surface area (Å²) in [7, 11) is 0. The molecule has 0 fully saturated rings. The minimum absolute atomic E-state index is 0.0171. The molecule has 8 nitrogen and oxygen atoms in total. The van der Waals surface area contributed by atoms with E-state index < -0.39 is 35.5 Å². The van der Waals surface area contributed by atoms with Gasteiger partial charge in [0.1, 0.15) is 5.60 Å². The van der Waals surface area contributed by atoms with Crippen LogP contribution in [0.3, 0.4) is 0 Å². The number of alkyl halides is 3. The average molecular weight is 428 g/mol. The van der Waals surface area contributed by atoms with Gasteiger partial charge in [-0.05, 0) is 52.3 Å². The van der Waals surface area contributed by atoms with Crippen molar-refractivity contribution < 1.29 is 32.0 Å². The molecule has 0 saturated heterocycles. The molecule has 30 heavy (non-hydrogen) atoms. The van der Waals surface area contributed by atoms with Crippen molar-refractivity contribution in [3.63, 3.8) is 0 Å². The Bertz CT molecular complexity index is 919. The molecule has 0 radical (unpaired) electrons. The summed E-state index contributed by atoms with van der Waals surface area (Å²) in [5, 5.41) is 10.9. The zero-order valence-electron chi connectivity index (χ0n) is 17.1. The Balaban J connectivity index is 1.98. The van der Waals surface area contributed by atoms with E-state index in [1.54, 1.807) is 27.7 Å². The molecule has 164 valence electrons. The van der Waals surface area contributed by atoms with Crippen LogP contribution in [0.5, 0.6) is 0 Å². The number of anilines is 2. The first-order valence-corrected chi connectivity index (χ1v) is 8.96. The van der Waals surface area contributed by atoms with Gasteiger partial charge in [-0.2, -0.15) is 13.2 Å². The SMILES string of the molecule is Cc1ccc(NC(=O)Nc2cc(C(C)NC(=O)OC(C)(C)C)on2)cc1C(F)(F)F. The summed E-state index contributed by atoms with van der Waals surface area (Å²) >= 11 is 0. The number of ether oxygens (including phenoxy) is 1. The predicted octanol–water partition coefficient (Wildman–Crippen LogP) is 5.23. The largest absolute Gasteiger partial charge is 0.444 e. The van der Waals surface area contributed by atoms with Crippen LogP contribution in [0, 0.1) is 6.92 Å². The average Bonchev–Trinajstić information content (AvgIpc) is 3.02. The molecular formula is C19H23F3N4O4. The van der Waals surface area contributed by atoms with E-state index in [0.29, 0.717) is 0 Å². The van der Waals surface area contributed by atoms with Gasteiger partial charge in [-0.3, -0.25) is 5.32 Å². The Morgan fingerprint density at radius 3 is 2.40 bits per heavy atom. The number of alkyl carbamates (subject to hydrolysis) is 1. The van der Waals surface area contributed by atoms with Gasteiger partial charge in [-0.25, -0.2) is 9.59 Å². The molecule has 2 rings (SSSR count). The van der Waals surface area contributed by atoms with Crippen LogP contribution in [0.2, 0.25) is 0 Å². The second kappa shape index (κ2) is 8.64. The van der Waals surface area contributed by atoms with Gasteiger partial charge in [0.05, 0.1) is 11.6 Å². The number of halogens is 3. The molecule has 1 atom stereocenters. The third-order valence-electron chi connectivity index (χ3n) is 3.73. The monoisotopic (exact) mass is 428 g/mol. The Hall–Kier alpha value is -3.24. The highest BCUT2D eigenvalue weighted by atomic mass is 19.4. The molecule has 1 heterocycles. The zero-order valence-corrected chi connectivity index (χ0v) is 17.1. The molecule has 0 aliphatic heterocycles. The Labute approximate surface area is 171 Å². The maximum atomic E-state index is 13.0. The fourth-order valence-electron chi connectivity index (χ4n) is 2.39. The van der Waals surface area contributed by atoms with Crippen LogP contribution in [0.4, 0.5) is 34.3 Å². The molecular weight excluding hydrogens is 405 g/mol. The van der Waals surface area contributed by atoms with Crippen LogP contribution in [0.25, 0.3) is 0 Å². The molecule has 0 spiro atoms. The van der Waals surface area contributed by atoms with Crippen LogP contribution in [0.1, 0.15) is 50.6 Å². The van der Waals surface area contributed by atoms with Gasteiger partial charge in [0.25, 0.3) is 0 Å². The highest BCUT2D eigenvalue weighted by Crippen LogP contribution is 2.33. The standard InChI is InChI=1S/C19H23F3N4O4/c1-10-6-7-12(8-13(10)19(20,21)22)24-16(27)25-15-9-14(30-26-15)11(2)23-17(28)29-18(3,4)5/h6-9,11H,1-5H3,(H,23,28)(H2,24,25,26,27). The molecule has 1 aromatic carbocycles. The summed E-state index contributed by atoms with van der Waals surface area (Å²) in [6.45, 7) is 8.11. The van der Waals surface area contributed by atoms with Crippen LogP contribution >= 0.6 is 0 Å². The maximum absolute atomic E-state index is 13.0. The Morgan fingerprint density at radius 1 is 1.13 bits per heavy atom. The van der Waals surface area contributed by atoms with E-state index in [1.807, 2.05) is 0 Å². The Morgan fingerprint density at radius 2 is 1.80 bits per heavy atom. The molecule has 0 aliphatic carbocycles. The number of carbonyl (C=O) groups is 2.